The number of halogens is 2. The largest absolute Gasteiger partial charge is 0.441 e. The highest BCUT2D eigenvalue weighted by atomic mass is 35.5. The Morgan fingerprint density at radius 1 is 1.33 bits per heavy atom. The number of hydrogen-bond donors (Lipinski definition) is 2. The fourth-order valence-corrected chi connectivity index (χ4v) is 2.68. The van der Waals surface area contributed by atoms with Gasteiger partial charge < -0.3 is 15.1 Å². The van der Waals surface area contributed by atoms with E-state index in [1.807, 2.05) is 37.3 Å². The number of aromatic nitrogens is 1. The molecule has 132 valence electrons. The van der Waals surface area contributed by atoms with Crippen LogP contribution < -0.4 is 10.6 Å². The summed E-state index contributed by atoms with van der Waals surface area (Å²) in [5.74, 6) is 1.26. The van der Waals surface area contributed by atoms with Gasteiger partial charge in [-0.2, -0.15) is 0 Å². The molecule has 1 amide bonds. The molecule has 1 fully saturated rings. The predicted molar refractivity (Wildman–Crippen MR) is 98.9 cm³/mol. The molecule has 0 bridgehead atoms. The Hall–Kier alpha value is -1.56. The highest BCUT2D eigenvalue weighted by Crippen LogP contribution is 2.21. The predicted octanol–water partition coefficient (Wildman–Crippen LogP) is 2.90. The third-order valence-electron chi connectivity index (χ3n) is 3.95. The van der Waals surface area contributed by atoms with Crippen molar-refractivity contribution in [1.29, 1.82) is 0 Å². The van der Waals surface area contributed by atoms with E-state index in [-0.39, 0.29) is 37.1 Å². The summed E-state index contributed by atoms with van der Waals surface area (Å²) in [5.41, 5.74) is 1.63. The van der Waals surface area contributed by atoms with Crippen molar-refractivity contribution in [2.45, 2.75) is 32.2 Å². The van der Waals surface area contributed by atoms with Gasteiger partial charge in [-0.05, 0) is 38.4 Å². The molecule has 1 saturated heterocycles. The number of nitrogens with zero attached hydrogens (tertiary/aromatic N) is 1. The fourth-order valence-electron chi connectivity index (χ4n) is 2.68. The quantitative estimate of drug-likeness (QED) is 0.847. The van der Waals surface area contributed by atoms with Crippen molar-refractivity contribution in [1.82, 2.24) is 15.6 Å². The van der Waals surface area contributed by atoms with Crippen LogP contribution in [0.15, 0.2) is 34.7 Å². The first-order valence-electron chi connectivity index (χ1n) is 7.74. The molecular formula is C17H23Cl2N3O2. The summed E-state index contributed by atoms with van der Waals surface area (Å²) in [5, 5.41) is 6.33. The average molecular weight is 372 g/mol. The molecular weight excluding hydrogens is 349 g/mol. The number of nitrogens with one attached hydrogen (secondary N) is 2. The summed E-state index contributed by atoms with van der Waals surface area (Å²) in [6.07, 6.45) is 2.57. The lowest BCUT2D eigenvalue weighted by Gasteiger charge is -2.10. The maximum Gasteiger partial charge on any atom is 0.226 e. The summed E-state index contributed by atoms with van der Waals surface area (Å²) in [4.78, 5) is 16.5. The van der Waals surface area contributed by atoms with Crippen LogP contribution in [0, 0.1) is 6.92 Å². The number of oxazole rings is 1. The van der Waals surface area contributed by atoms with Crippen molar-refractivity contribution in [3.8, 4) is 11.5 Å². The molecule has 1 aliphatic heterocycles. The molecule has 0 aliphatic carbocycles. The molecule has 7 heteroatoms. The summed E-state index contributed by atoms with van der Waals surface area (Å²) in [6.45, 7) is 3.57. The van der Waals surface area contributed by atoms with E-state index in [4.69, 9.17) is 4.42 Å². The van der Waals surface area contributed by atoms with E-state index in [2.05, 4.69) is 15.6 Å². The first-order chi connectivity index (χ1) is 10.7. The van der Waals surface area contributed by atoms with Crippen molar-refractivity contribution >= 4 is 30.7 Å². The average Bonchev–Trinajstić information content (AvgIpc) is 3.17. The van der Waals surface area contributed by atoms with Crippen molar-refractivity contribution in [3.05, 3.63) is 41.8 Å². The van der Waals surface area contributed by atoms with Gasteiger partial charge in [-0.25, -0.2) is 4.98 Å². The van der Waals surface area contributed by atoms with Crippen LogP contribution >= 0.6 is 24.8 Å². The molecule has 24 heavy (non-hydrogen) atoms. The maximum atomic E-state index is 12.0. The van der Waals surface area contributed by atoms with Gasteiger partial charge in [-0.3, -0.25) is 4.79 Å². The molecule has 1 atom stereocenters. The van der Waals surface area contributed by atoms with Crippen molar-refractivity contribution in [3.63, 3.8) is 0 Å². The minimum absolute atomic E-state index is 0. The summed E-state index contributed by atoms with van der Waals surface area (Å²) in [7, 11) is 0. The monoisotopic (exact) mass is 371 g/mol. The Morgan fingerprint density at radius 3 is 2.75 bits per heavy atom. The molecule has 1 aromatic carbocycles. The van der Waals surface area contributed by atoms with E-state index in [9.17, 15) is 4.79 Å². The van der Waals surface area contributed by atoms with Gasteiger partial charge in [0, 0.05) is 18.2 Å². The third-order valence-corrected chi connectivity index (χ3v) is 3.95. The molecule has 0 saturated carbocycles. The number of benzene rings is 1. The van der Waals surface area contributed by atoms with E-state index in [1.165, 1.54) is 6.42 Å². The van der Waals surface area contributed by atoms with Crippen LogP contribution in [0.5, 0.6) is 0 Å². The molecule has 0 spiro atoms. The normalized spacial score (nSPS) is 16.1. The number of carbonyl (C=O) groups is 1. The number of hydrogen-bond acceptors (Lipinski definition) is 4. The lowest BCUT2D eigenvalue weighted by molar-refractivity contribution is -0.120. The Morgan fingerprint density at radius 2 is 2.08 bits per heavy atom. The lowest BCUT2D eigenvalue weighted by atomic mass is 10.2. The standard InChI is InChI=1S/C17H21N3O2.2ClH/c1-12-15(10-16(21)19-11-14-8-5-9-18-14)20-17(22-12)13-6-3-2-4-7-13;;/h2-4,6-7,14,18H,5,8-11H2,1H3,(H,19,21);2*1H. The highest BCUT2D eigenvalue weighted by molar-refractivity contribution is 5.85. The molecule has 2 heterocycles. The van der Waals surface area contributed by atoms with Gasteiger partial charge in [0.05, 0.1) is 12.1 Å². The molecule has 1 aliphatic rings. The van der Waals surface area contributed by atoms with Crippen LogP contribution in [0.25, 0.3) is 11.5 Å². The van der Waals surface area contributed by atoms with Crippen LogP contribution in [0.1, 0.15) is 24.3 Å². The van der Waals surface area contributed by atoms with Crippen LogP contribution in [0.4, 0.5) is 0 Å². The van der Waals surface area contributed by atoms with Crippen molar-refractivity contribution < 1.29 is 9.21 Å². The van der Waals surface area contributed by atoms with Gasteiger partial charge in [-0.1, -0.05) is 18.2 Å². The SMILES string of the molecule is Cc1oc(-c2ccccc2)nc1CC(=O)NCC1CCCN1.Cl.Cl. The van der Waals surface area contributed by atoms with Crippen LogP contribution in [0.2, 0.25) is 0 Å². The number of amides is 1. The van der Waals surface area contributed by atoms with E-state index < -0.39 is 0 Å². The summed E-state index contributed by atoms with van der Waals surface area (Å²) < 4.78 is 5.68. The molecule has 5 nitrogen and oxygen atoms in total. The fraction of sp³-hybridized carbons (Fsp3) is 0.412. The van der Waals surface area contributed by atoms with Gasteiger partial charge in [0.15, 0.2) is 0 Å². The van der Waals surface area contributed by atoms with Gasteiger partial charge in [0.25, 0.3) is 0 Å². The van der Waals surface area contributed by atoms with Crippen LogP contribution in [-0.4, -0.2) is 30.0 Å². The topological polar surface area (TPSA) is 67.2 Å². The molecule has 2 aromatic rings. The molecule has 1 aromatic heterocycles. The van der Waals surface area contributed by atoms with Gasteiger partial charge in [0.1, 0.15) is 5.76 Å². The van der Waals surface area contributed by atoms with Crippen LogP contribution in [0.3, 0.4) is 0 Å². The Kier molecular flexibility index (Phi) is 8.25. The zero-order chi connectivity index (χ0) is 15.4. The summed E-state index contributed by atoms with van der Waals surface area (Å²) in [6, 6.07) is 10.1. The maximum absolute atomic E-state index is 12.0. The van der Waals surface area contributed by atoms with Crippen LogP contribution in [-0.2, 0) is 11.2 Å². The Balaban J connectivity index is 0.00000144. The molecule has 1 unspecified atom stereocenters. The highest BCUT2D eigenvalue weighted by Gasteiger charge is 2.17. The first kappa shape index (κ1) is 20.5. The van der Waals surface area contributed by atoms with Crippen molar-refractivity contribution in [2.75, 3.05) is 13.1 Å². The second kappa shape index (κ2) is 9.67. The van der Waals surface area contributed by atoms with E-state index in [1.54, 1.807) is 0 Å². The zero-order valence-electron chi connectivity index (χ0n) is 13.6. The molecule has 2 N–H and O–H groups in total. The van der Waals surface area contributed by atoms with Gasteiger partial charge in [-0.15, -0.1) is 24.8 Å². The summed E-state index contributed by atoms with van der Waals surface area (Å²) >= 11 is 0. The molecule has 3 rings (SSSR count). The zero-order valence-corrected chi connectivity index (χ0v) is 15.2. The number of aryl methyl sites for hydroxylation is 1. The minimum atomic E-state index is -0.00953. The first-order valence-corrected chi connectivity index (χ1v) is 7.74. The van der Waals surface area contributed by atoms with Crippen molar-refractivity contribution in [2.24, 2.45) is 0 Å². The second-order valence-corrected chi connectivity index (χ2v) is 5.66. The number of carbonyl (C=O) groups excluding carboxylic acids is 1. The van der Waals surface area contributed by atoms with Gasteiger partial charge >= 0.3 is 0 Å². The third kappa shape index (κ3) is 5.23. The second-order valence-electron chi connectivity index (χ2n) is 5.66. The lowest BCUT2D eigenvalue weighted by Crippen LogP contribution is -2.37. The number of rotatable bonds is 5. The Labute approximate surface area is 154 Å². The van der Waals surface area contributed by atoms with E-state index >= 15 is 0 Å². The van der Waals surface area contributed by atoms with E-state index in [0.29, 0.717) is 29.9 Å². The molecule has 0 radical (unpaired) electrons. The minimum Gasteiger partial charge on any atom is -0.441 e. The Bertz CT molecular complexity index is 641. The van der Waals surface area contributed by atoms with Gasteiger partial charge in [0.2, 0.25) is 11.8 Å². The van der Waals surface area contributed by atoms with E-state index in [0.717, 1.165) is 18.5 Å². The smallest absolute Gasteiger partial charge is 0.226 e.